The Balaban J connectivity index is 1.92. The smallest absolute Gasteiger partial charge is 0.224 e. The molecule has 1 aromatic carbocycles. The van der Waals surface area contributed by atoms with Crippen LogP contribution in [0, 0.1) is 0 Å². The van der Waals surface area contributed by atoms with E-state index in [9.17, 15) is 4.79 Å². The summed E-state index contributed by atoms with van der Waals surface area (Å²) < 4.78 is 10.9. The van der Waals surface area contributed by atoms with Gasteiger partial charge in [-0.15, -0.1) is 0 Å². The van der Waals surface area contributed by atoms with Gasteiger partial charge in [-0.3, -0.25) is 4.79 Å². The molecule has 4 heteroatoms. The summed E-state index contributed by atoms with van der Waals surface area (Å²) in [6, 6.07) is 5.96. The lowest BCUT2D eigenvalue weighted by molar-refractivity contribution is -0.120. The molecule has 0 aromatic heterocycles. The zero-order valence-electron chi connectivity index (χ0n) is 13.1. The van der Waals surface area contributed by atoms with Crippen LogP contribution in [-0.2, 0) is 16.0 Å². The lowest BCUT2D eigenvalue weighted by Crippen LogP contribution is -2.32. The highest BCUT2D eigenvalue weighted by atomic mass is 16.5. The van der Waals surface area contributed by atoms with Crippen LogP contribution in [0.15, 0.2) is 18.2 Å². The summed E-state index contributed by atoms with van der Waals surface area (Å²) in [5.41, 5.74) is 2.16. The first-order valence-corrected chi connectivity index (χ1v) is 7.65. The van der Waals surface area contributed by atoms with Gasteiger partial charge in [-0.1, -0.05) is 26.0 Å². The Bertz CT molecular complexity index is 479. The van der Waals surface area contributed by atoms with Crippen LogP contribution < -0.4 is 10.1 Å². The maximum absolute atomic E-state index is 12.0. The predicted octanol–water partition coefficient (Wildman–Crippen LogP) is 2.66. The third kappa shape index (κ3) is 4.46. The zero-order chi connectivity index (χ0) is 15.2. The molecule has 116 valence electrons. The molecule has 21 heavy (non-hydrogen) atoms. The highest BCUT2D eigenvalue weighted by Crippen LogP contribution is 2.27. The van der Waals surface area contributed by atoms with Crippen molar-refractivity contribution >= 4 is 5.91 Å². The minimum atomic E-state index is 0.0466. The Morgan fingerprint density at radius 1 is 1.48 bits per heavy atom. The number of ether oxygens (including phenoxy) is 2. The van der Waals surface area contributed by atoms with Gasteiger partial charge in [0, 0.05) is 13.2 Å². The van der Waals surface area contributed by atoms with Crippen LogP contribution in [0.3, 0.4) is 0 Å². The second kappa shape index (κ2) is 7.46. The molecule has 1 saturated heterocycles. The van der Waals surface area contributed by atoms with E-state index in [0.717, 1.165) is 36.3 Å². The van der Waals surface area contributed by atoms with Gasteiger partial charge in [-0.2, -0.15) is 0 Å². The van der Waals surface area contributed by atoms with Crippen molar-refractivity contribution in [2.75, 3.05) is 20.3 Å². The number of amides is 1. The van der Waals surface area contributed by atoms with Gasteiger partial charge < -0.3 is 14.8 Å². The van der Waals surface area contributed by atoms with Gasteiger partial charge in [0.1, 0.15) is 5.75 Å². The van der Waals surface area contributed by atoms with Gasteiger partial charge in [-0.05, 0) is 36.0 Å². The Kier molecular flexibility index (Phi) is 5.62. The summed E-state index contributed by atoms with van der Waals surface area (Å²) in [4.78, 5) is 12.0. The van der Waals surface area contributed by atoms with Crippen molar-refractivity contribution in [3.63, 3.8) is 0 Å². The molecule has 1 heterocycles. The molecule has 1 aromatic rings. The molecule has 1 aliphatic heterocycles. The van der Waals surface area contributed by atoms with Crippen LogP contribution in [0.25, 0.3) is 0 Å². The summed E-state index contributed by atoms with van der Waals surface area (Å²) in [6.45, 7) is 5.68. The number of carbonyl (C=O) groups is 1. The second-order valence-electron chi connectivity index (χ2n) is 5.85. The number of benzene rings is 1. The molecule has 1 amide bonds. The Labute approximate surface area is 126 Å². The third-order valence-corrected chi connectivity index (χ3v) is 3.83. The van der Waals surface area contributed by atoms with Gasteiger partial charge in [0.25, 0.3) is 0 Å². The summed E-state index contributed by atoms with van der Waals surface area (Å²) in [6.07, 6.45) is 2.73. The molecule has 4 nitrogen and oxygen atoms in total. The topological polar surface area (TPSA) is 47.6 Å². The molecule has 1 atom stereocenters. The normalized spacial score (nSPS) is 18.0. The van der Waals surface area contributed by atoms with Crippen molar-refractivity contribution in [2.45, 2.75) is 45.1 Å². The van der Waals surface area contributed by atoms with Crippen LogP contribution in [-0.4, -0.2) is 32.3 Å². The summed E-state index contributed by atoms with van der Waals surface area (Å²) in [5.74, 6) is 1.30. The fourth-order valence-corrected chi connectivity index (χ4v) is 2.63. The number of hydrogen-bond acceptors (Lipinski definition) is 3. The van der Waals surface area contributed by atoms with E-state index in [4.69, 9.17) is 9.47 Å². The monoisotopic (exact) mass is 291 g/mol. The number of hydrogen-bond donors (Lipinski definition) is 1. The number of methoxy groups -OCH3 is 1. The lowest BCUT2D eigenvalue weighted by atomic mass is 9.98. The molecular formula is C17H25NO3. The molecule has 0 spiro atoms. The second-order valence-corrected chi connectivity index (χ2v) is 5.85. The summed E-state index contributed by atoms with van der Waals surface area (Å²) >= 11 is 0. The van der Waals surface area contributed by atoms with E-state index in [1.54, 1.807) is 7.11 Å². The molecule has 1 fully saturated rings. The number of carbonyl (C=O) groups excluding carboxylic acids is 1. The van der Waals surface area contributed by atoms with E-state index in [0.29, 0.717) is 18.9 Å². The largest absolute Gasteiger partial charge is 0.496 e. The maximum atomic E-state index is 12.0. The van der Waals surface area contributed by atoms with Gasteiger partial charge in [-0.25, -0.2) is 0 Å². The predicted molar refractivity (Wildman–Crippen MR) is 82.8 cm³/mol. The van der Waals surface area contributed by atoms with Gasteiger partial charge in [0.05, 0.1) is 19.6 Å². The van der Waals surface area contributed by atoms with Crippen molar-refractivity contribution in [3.8, 4) is 5.75 Å². The van der Waals surface area contributed by atoms with E-state index < -0.39 is 0 Å². The van der Waals surface area contributed by atoms with Crippen molar-refractivity contribution in [3.05, 3.63) is 29.3 Å². The number of nitrogens with one attached hydrogen (secondary N) is 1. The quantitative estimate of drug-likeness (QED) is 0.876. The lowest BCUT2D eigenvalue weighted by Gasteiger charge is -2.14. The van der Waals surface area contributed by atoms with Crippen molar-refractivity contribution in [1.29, 1.82) is 0 Å². The van der Waals surface area contributed by atoms with E-state index in [1.165, 1.54) is 0 Å². The fourth-order valence-electron chi connectivity index (χ4n) is 2.63. The van der Waals surface area contributed by atoms with E-state index in [-0.39, 0.29) is 12.0 Å². The third-order valence-electron chi connectivity index (χ3n) is 3.83. The maximum Gasteiger partial charge on any atom is 0.224 e. The fraction of sp³-hybridized carbons (Fsp3) is 0.588. The average molecular weight is 291 g/mol. The van der Waals surface area contributed by atoms with Crippen molar-refractivity contribution in [2.24, 2.45) is 0 Å². The van der Waals surface area contributed by atoms with Gasteiger partial charge >= 0.3 is 0 Å². The minimum absolute atomic E-state index is 0.0466. The highest BCUT2D eigenvalue weighted by Gasteiger charge is 2.16. The van der Waals surface area contributed by atoms with Crippen LogP contribution in [0.5, 0.6) is 5.75 Å². The summed E-state index contributed by atoms with van der Waals surface area (Å²) in [5, 5.41) is 2.96. The van der Waals surface area contributed by atoms with E-state index in [2.05, 4.69) is 25.2 Å². The van der Waals surface area contributed by atoms with Crippen LogP contribution in [0.4, 0.5) is 0 Å². The van der Waals surface area contributed by atoms with E-state index >= 15 is 0 Å². The Morgan fingerprint density at radius 2 is 2.29 bits per heavy atom. The van der Waals surface area contributed by atoms with Crippen LogP contribution in [0.2, 0.25) is 0 Å². The molecular weight excluding hydrogens is 266 g/mol. The van der Waals surface area contributed by atoms with Crippen LogP contribution in [0.1, 0.15) is 43.7 Å². The SMILES string of the molecule is COc1ccc(CC(=O)NCC2CCCO2)cc1C(C)C. The Hall–Kier alpha value is -1.55. The van der Waals surface area contributed by atoms with Crippen molar-refractivity contribution in [1.82, 2.24) is 5.32 Å². The standard InChI is InChI=1S/C17H25NO3/c1-12(2)15-9-13(6-7-16(15)20-3)10-17(19)18-11-14-5-4-8-21-14/h6-7,9,12,14H,4-5,8,10-11H2,1-3H3,(H,18,19). The van der Waals surface area contributed by atoms with Crippen LogP contribution >= 0.6 is 0 Å². The Morgan fingerprint density at radius 3 is 2.90 bits per heavy atom. The first kappa shape index (κ1) is 15.8. The summed E-state index contributed by atoms with van der Waals surface area (Å²) in [7, 11) is 1.68. The first-order valence-electron chi connectivity index (χ1n) is 7.65. The minimum Gasteiger partial charge on any atom is -0.496 e. The highest BCUT2D eigenvalue weighted by molar-refractivity contribution is 5.78. The average Bonchev–Trinajstić information content (AvgIpc) is 2.98. The van der Waals surface area contributed by atoms with Crippen molar-refractivity contribution < 1.29 is 14.3 Å². The van der Waals surface area contributed by atoms with E-state index in [1.807, 2.05) is 12.1 Å². The molecule has 1 unspecified atom stereocenters. The first-order chi connectivity index (χ1) is 10.1. The molecule has 1 N–H and O–H groups in total. The molecule has 2 rings (SSSR count). The van der Waals surface area contributed by atoms with Gasteiger partial charge in [0.2, 0.25) is 5.91 Å². The molecule has 0 saturated carbocycles. The number of rotatable bonds is 6. The zero-order valence-corrected chi connectivity index (χ0v) is 13.1. The molecule has 0 aliphatic carbocycles. The molecule has 0 bridgehead atoms. The molecule has 0 radical (unpaired) electrons. The molecule has 1 aliphatic rings. The van der Waals surface area contributed by atoms with Gasteiger partial charge in [0.15, 0.2) is 0 Å².